The van der Waals surface area contributed by atoms with Crippen LogP contribution in [0.25, 0.3) is 0 Å². The standard InChI is InChI=1S/C27H31N3O5/c1-34-25-4-3-5-26(35-2)22(25)17-28-10-12-29(13-11-28)19-7-6-18-16-30(27(33)21(18)14-19)23-9-8-20(31)15-24(23)32/h3-7,14,23H,8-13,15-17H2,1-2H3. The number of anilines is 1. The predicted octanol–water partition coefficient (Wildman–Crippen LogP) is 2.67. The maximum atomic E-state index is 13.2. The molecule has 0 N–H and O–H groups in total. The second-order valence-corrected chi connectivity index (χ2v) is 9.42. The Bertz CT molecular complexity index is 1130. The van der Waals surface area contributed by atoms with E-state index in [0.29, 0.717) is 24.9 Å². The van der Waals surface area contributed by atoms with Crippen LogP contribution in [0, 0.1) is 0 Å². The van der Waals surface area contributed by atoms with Gasteiger partial charge in [-0.15, -0.1) is 0 Å². The molecule has 1 aliphatic carbocycles. The van der Waals surface area contributed by atoms with Crippen LogP contribution in [0.3, 0.4) is 0 Å². The van der Waals surface area contributed by atoms with Gasteiger partial charge in [0.2, 0.25) is 0 Å². The summed E-state index contributed by atoms with van der Waals surface area (Å²) in [4.78, 5) is 43.5. The van der Waals surface area contributed by atoms with Crippen molar-refractivity contribution in [3.63, 3.8) is 0 Å². The lowest BCUT2D eigenvalue weighted by Crippen LogP contribution is -2.46. The Balaban J connectivity index is 1.24. The van der Waals surface area contributed by atoms with E-state index >= 15 is 0 Å². The first-order valence-electron chi connectivity index (χ1n) is 12.1. The molecule has 1 saturated carbocycles. The maximum Gasteiger partial charge on any atom is 0.255 e. The molecule has 8 nitrogen and oxygen atoms in total. The van der Waals surface area contributed by atoms with Crippen molar-refractivity contribution >= 4 is 23.2 Å². The Labute approximate surface area is 205 Å². The van der Waals surface area contributed by atoms with Crippen LogP contribution in [-0.2, 0) is 22.7 Å². The molecule has 3 aliphatic rings. The summed E-state index contributed by atoms with van der Waals surface area (Å²) in [6.07, 6.45) is 0.747. The highest BCUT2D eigenvalue weighted by atomic mass is 16.5. The molecular weight excluding hydrogens is 446 g/mol. The van der Waals surface area contributed by atoms with Crippen molar-refractivity contribution in [2.75, 3.05) is 45.3 Å². The Morgan fingerprint density at radius 3 is 2.31 bits per heavy atom. The summed E-state index contributed by atoms with van der Waals surface area (Å²) >= 11 is 0. The van der Waals surface area contributed by atoms with E-state index in [0.717, 1.165) is 61.0 Å². The summed E-state index contributed by atoms with van der Waals surface area (Å²) in [6.45, 7) is 4.63. The van der Waals surface area contributed by atoms with Crippen LogP contribution in [0.5, 0.6) is 11.5 Å². The lowest BCUT2D eigenvalue weighted by molar-refractivity contribution is -0.133. The number of piperazine rings is 1. The van der Waals surface area contributed by atoms with E-state index < -0.39 is 6.04 Å². The molecule has 1 amide bonds. The van der Waals surface area contributed by atoms with Crippen molar-refractivity contribution in [3.8, 4) is 11.5 Å². The number of Topliss-reactive ketones (excluding diaryl/α,β-unsaturated/α-hetero) is 2. The van der Waals surface area contributed by atoms with Gasteiger partial charge in [-0.1, -0.05) is 12.1 Å². The van der Waals surface area contributed by atoms with E-state index in [2.05, 4.69) is 15.9 Å². The number of carbonyl (C=O) groups excluding carboxylic acids is 3. The van der Waals surface area contributed by atoms with Crippen molar-refractivity contribution in [3.05, 3.63) is 53.1 Å². The lowest BCUT2D eigenvalue weighted by Gasteiger charge is -2.36. The third-order valence-corrected chi connectivity index (χ3v) is 7.39. The van der Waals surface area contributed by atoms with Gasteiger partial charge in [-0.25, -0.2) is 0 Å². The number of amides is 1. The van der Waals surface area contributed by atoms with E-state index in [1.807, 2.05) is 30.3 Å². The van der Waals surface area contributed by atoms with Crippen LogP contribution in [0.4, 0.5) is 5.69 Å². The molecule has 5 rings (SSSR count). The topological polar surface area (TPSA) is 79.4 Å². The molecular formula is C27H31N3O5. The minimum Gasteiger partial charge on any atom is -0.496 e. The molecule has 2 fully saturated rings. The summed E-state index contributed by atoms with van der Waals surface area (Å²) in [5.74, 6) is 1.39. The van der Waals surface area contributed by atoms with Gasteiger partial charge in [-0.05, 0) is 36.2 Å². The zero-order valence-corrected chi connectivity index (χ0v) is 20.3. The fourth-order valence-electron chi connectivity index (χ4n) is 5.42. The van der Waals surface area contributed by atoms with Gasteiger partial charge >= 0.3 is 0 Å². The fraction of sp³-hybridized carbons (Fsp3) is 0.444. The molecule has 0 aromatic heterocycles. The number of hydrogen-bond donors (Lipinski definition) is 0. The molecule has 184 valence electrons. The molecule has 1 atom stereocenters. The number of carbonyl (C=O) groups is 3. The van der Waals surface area contributed by atoms with Crippen molar-refractivity contribution < 1.29 is 23.9 Å². The normalized spacial score (nSPS) is 20.9. The molecule has 2 heterocycles. The largest absolute Gasteiger partial charge is 0.496 e. The molecule has 1 unspecified atom stereocenters. The minimum absolute atomic E-state index is 0.0269. The predicted molar refractivity (Wildman–Crippen MR) is 131 cm³/mol. The van der Waals surface area contributed by atoms with Gasteiger partial charge in [0.1, 0.15) is 17.3 Å². The van der Waals surface area contributed by atoms with E-state index in [1.165, 1.54) is 0 Å². The zero-order chi connectivity index (χ0) is 24.5. The number of fused-ring (bicyclic) bond motifs is 1. The Hall–Kier alpha value is -3.39. The van der Waals surface area contributed by atoms with Crippen LogP contribution in [0.1, 0.15) is 40.7 Å². The van der Waals surface area contributed by atoms with Crippen LogP contribution in [0.15, 0.2) is 36.4 Å². The number of rotatable bonds is 6. The fourth-order valence-corrected chi connectivity index (χ4v) is 5.42. The number of benzene rings is 2. The Morgan fingerprint density at radius 1 is 0.943 bits per heavy atom. The SMILES string of the molecule is COc1cccc(OC)c1CN1CCN(c2ccc3c(c2)C(=O)N(C2CCC(=O)CC2=O)C3)CC1. The number of nitrogens with zero attached hydrogens (tertiary/aromatic N) is 3. The summed E-state index contributed by atoms with van der Waals surface area (Å²) in [5.41, 5.74) is 3.70. The molecule has 2 aliphatic heterocycles. The Morgan fingerprint density at radius 2 is 1.66 bits per heavy atom. The second kappa shape index (κ2) is 9.70. The van der Waals surface area contributed by atoms with Crippen molar-refractivity contribution in [1.82, 2.24) is 9.80 Å². The highest BCUT2D eigenvalue weighted by molar-refractivity contribution is 6.07. The van der Waals surface area contributed by atoms with Crippen molar-refractivity contribution in [1.29, 1.82) is 0 Å². The van der Waals surface area contributed by atoms with E-state index in [-0.39, 0.29) is 23.9 Å². The first-order chi connectivity index (χ1) is 17.0. The van der Waals surface area contributed by atoms with Gasteiger partial charge in [-0.3, -0.25) is 19.3 Å². The molecule has 0 spiro atoms. The van der Waals surface area contributed by atoms with Crippen molar-refractivity contribution in [2.45, 2.75) is 38.4 Å². The van der Waals surface area contributed by atoms with Gasteiger partial charge in [0.05, 0.1) is 32.2 Å². The molecule has 0 radical (unpaired) electrons. The van der Waals surface area contributed by atoms with Gasteiger partial charge in [-0.2, -0.15) is 0 Å². The maximum absolute atomic E-state index is 13.2. The molecule has 2 aromatic carbocycles. The van der Waals surface area contributed by atoms with Crippen LogP contribution in [0.2, 0.25) is 0 Å². The number of ketones is 2. The van der Waals surface area contributed by atoms with Crippen LogP contribution >= 0.6 is 0 Å². The third-order valence-electron chi connectivity index (χ3n) is 7.39. The zero-order valence-electron chi connectivity index (χ0n) is 20.3. The molecule has 1 saturated heterocycles. The van der Waals surface area contributed by atoms with Crippen molar-refractivity contribution in [2.24, 2.45) is 0 Å². The summed E-state index contributed by atoms with van der Waals surface area (Å²) < 4.78 is 11.1. The summed E-state index contributed by atoms with van der Waals surface area (Å²) in [7, 11) is 3.35. The third kappa shape index (κ3) is 4.50. The first-order valence-corrected chi connectivity index (χ1v) is 12.1. The number of methoxy groups -OCH3 is 2. The van der Waals surface area contributed by atoms with Crippen LogP contribution < -0.4 is 14.4 Å². The number of ether oxygens (including phenoxy) is 2. The molecule has 35 heavy (non-hydrogen) atoms. The van der Waals surface area contributed by atoms with E-state index in [1.54, 1.807) is 19.1 Å². The Kier molecular flexibility index (Phi) is 6.47. The van der Waals surface area contributed by atoms with Gasteiger partial charge in [0.15, 0.2) is 5.78 Å². The quantitative estimate of drug-likeness (QED) is 0.592. The van der Waals surface area contributed by atoms with Gasteiger partial charge in [0.25, 0.3) is 5.91 Å². The average Bonchev–Trinajstić information content (AvgIpc) is 3.20. The highest BCUT2D eigenvalue weighted by Crippen LogP contribution is 2.33. The highest BCUT2D eigenvalue weighted by Gasteiger charge is 2.39. The van der Waals surface area contributed by atoms with E-state index in [9.17, 15) is 14.4 Å². The first kappa shape index (κ1) is 23.4. The summed E-state index contributed by atoms with van der Waals surface area (Å²) in [5, 5.41) is 0. The van der Waals surface area contributed by atoms with Crippen LogP contribution in [-0.4, -0.2) is 73.7 Å². The molecule has 0 bridgehead atoms. The molecule has 2 aromatic rings. The monoisotopic (exact) mass is 477 g/mol. The van der Waals surface area contributed by atoms with Gasteiger partial charge in [0, 0.05) is 56.9 Å². The van der Waals surface area contributed by atoms with E-state index in [4.69, 9.17) is 9.47 Å². The number of hydrogen-bond acceptors (Lipinski definition) is 7. The minimum atomic E-state index is -0.480. The second-order valence-electron chi connectivity index (χ2n) is 9.42. The average molecular weight is 478 g/mol. The molecule has 8 heteroatoms. The smallest absolute Gasteiger partial charge is 0.255 e. The van der Waals surface area contributed by atoms with Gasteiger partial charge < -0.3 is 19.3 Å². The lowest BCUT2D eigenvalue weighted by atomic mass is 9.92. The summed E-state index contributed by atoms with van der Waals surface area (Å²) in [6, 6.07) is 11.4.